The molecule has 0 radical (unpaired) electrons. The van der Waals surface area contributed by atoms with E-state index < -0.39 is 5.82 Å². The van der Waals surface area contributed by atoms with Crippen molar-refractivity contribution in [1.29, 1.82) is 0 Å². The molecule has 0 amide bonds. The predicted molar refractivity (Wildman–Crippen MR) is 147 cm³/mol. The molecule has 5 rings (SSSR count). The summed E-state index contributed by atoms with van der Waals surface area (Å²) in [7, 11) is 1.61. The van der Waals surface area contributed by atoms with Crippen molar-refractivity contribution >= 4 is 46.2 Å². The Balaban J connectivity index is 1.59. The van der Waals surface area contributed by atoms with Gasteiger partial charge in [0.2, 0.25) is 0 Å². The zero-order valence-electron chi connectivity index (χ0n) is 19.8. The summed E-state index contributed by atoms with van der Waals surface area (Å²) in [5.41, 5.74) is 3.24. The number of methoxy groups -OCH3 is 1. The Kier molecular flexibility index (Phi) is 7.62. The highest BCUT2D eigenvalue weighted by Gasteiger charge is 2.42. The highest BCUT2D eigenvalue weighted by atomic mass is 35.5. The number of ether oxygens (including phenoxy) is 2. The smallest absolute Gasteiger partial charge is 0.174 e. The molecule has 4 aromatic rings. The molecule has 0 unspecified atom stereocenters. The monoisotopic (exact) mass is 556 g/mol. The molecule has 1 aliphatic heterocycles. The fourth-order valence-electron chi connectivity index (χ4n) is 4.43. The number of hydrogen-bond acceptors (Lipinski definition) is 4. The number of anilines is 1. The summed E-state index contributed by atoms with van der Waals surface area (Å²) >= 11 is 18.5. The molecule has 6 nitrogen and oxygen atoms in total. The summed E-state index contributed by atoms with van der Waals surface area (Å²) in [6.45, 7) is 0.841. The van der Waals surface area contributed by atoms with Gasteiger partial charge in [0.25, 0.3) is 0 Å². The first-order chi connectivity index (χ1) is 18.0. The van der Waals surface area contributed by atoms with Crippen LogP contribution in [0, 0.1) is 5.82 Å². The molecule has 0 bridgehead atoms. The maximum atomic E-state index is 13.9. The van der Waals surface area contributed by atoms with Crippen molar-refractivity contribution < 1.29 is 13.9 Å². The Morgan fingerprint density at radius 3 is 2.54 bits per heavy atom. The van der Waals surface area contributed by atoms with Gasteiger partial charge in [0.05, 0.1) is 28.4 Å². The zero-order chi connectivity index (χ0) is 25.9. The van der Waals surface area contributed by atoms with Gasteiger partial charge in [0, 0.05) is 36.6 Å². The van der Waals surface area contributed by atoms with Crippen LogP contribution in [0.2, 0.25) is 10.0 Å². The van der Waals surface area contributed by atoms with Crippen LogP contribution in [-0.4, -0.2) is 35.0 Å². The molecule has 37 heavy (non-hydrogen) atoms. The second kappa shape index (κ2) is 11.1. The van der Waals surface area contributed by atoms with Crippen molar-refractivity contribution in [3.63, 3.8) is 0 Å². The van der Waals surface area contributed by atoms with E-state index in [1.54, 1.807) is 25.4 Å². The van der Waals surface area contributed by atoms with E-state index in [1.807, 2.05) is 64.2 Å². The highest BCUT2D eigenvalue weighted by Crippen LogP contribution is 2.43. The molecule has 2 aromatic carbocycles. The minimum absolute atomic E-state index is 0.0474. The fourth-order valence-corrected chi connectivity index (χ4v) is 5.18. The van der Waals surface area contributed by atoms with Gasteiger partial charge < -0.3 is 24.3 Å². The van der Waals surface area contributed by atoms with Crippen molar-refractivity contribution in [3.8, 4) is 11.4 Å². The molecule has 1 fully saturated rings. The second-order valence-electron chi connectivity index (χ2n) is 8.35. The van der Waals surface area contributed by atoms with E-state index in [4.69, 9.17) is 44.9 Å². The quantitative estimate of drug-likeness (QED) is 0.197. The summed E-state index contributed by atoms with van der Waals surface area (Å²) in [6.07, 6.45) is 3.66. The number of benzene rings is 2. The Bertz CT molecular complexity index is 1420. The summed E-state index contributed by atoms with van der Waals surface area (Å²) in [5, 5.41) is 4.46. The third-order valence-electron chi connectivity index (χ3n) is 6.10. The van der Waals surface area contributed by atoms with E-state index in [2.05, 4.69) is 10.3 Å². The number of pyridine rings is 1. The lowest BCUT2D eigenvalue weighted by molar-refractivity contribution is 0.146. The maximum Gasteiger partial charge on any atom is 0.174 e. The van der Waals surface area contributed by atoms with Crippen LogP contribution in [0.25, 0.3) is 5.69 Å². The van der Waals surface area contributed by atoms with E-state index in [1.165, 1.54) is 6.07 Å². The zero-order valence-corrected chi connectivity index (χ0v) is 22.1. The van der Waals surface area contributed by atoms with Crippen molar-refractivity contribution in [1.82, 2.24) is 14.9 Å². The van der Waals surface area contributed by atoms with Gasteiger partial charge in [-0.15, -0.1) is 0 Å². The van der Waals surface area contributed by atoms with Crippen LogP contribution in [-0.2, 0) is 4.74 Å². The minimum atomic E-state index is -0.474. The van der Waals surface area contributed by atoms with Gasteiger partial charge in [-0.05, 0) is 72.9 Å². The fraction of sp³-hybridized carbons (Fsp3) is 0.185. The Morgan fingerprint density at radius 2 is 1.81 bits per heavy atom. The number of nitrogens with zero attached hydrogens (tertiary/aromatic N) is 3. The average Bonchev–Trinajstić information content (AvgIpc) is 3.51. The van der Waals surface area contributed by atoms with Crippen LogP contribution in [0.1, 0.15) is 23.5 Å². The molecule has 1 aliphatic rings. The first kappa shape index (κ1) is 25.5. The summed E-state index contributed by atoms with van der Waals surface area (Å²) in [5.74, 6) is 0.0842. The lowest BCUT2D eigenvalue weighted by atomic mass is 10.0. The van der Waals surface area contributed by atoms with Gasteiger partial charge in [-0.25, -0.2) is 4.39 Å². The SMILES string of the molecule is COCCOc1ccc(N2C(=S)N[C@H](c3ccccn3)[C@H]2c2cccn2-c2ccc(F)c(Cl)c2)cc1Cl. The number of nitrogens with one attached hydrogen (secondary N) is 1. The van der Waals surface area contributed by atoms with Gasteiger partial charge in [-0.1, -0.05) is 29.3 Å². The molecule has 0 aliphatic carbocycles. The lowest BCUT2D eigenvalue weighted by Crippen LogP contribution is -2.30. The van der Waals surface area contributed by atoms with E-state index in [-0.39, 0.29) is 17.1 Å². The van der Waals surface area contributed by atoms with Crippen LogP contribution < -0.4 is 15.0 Å². The standard InChI is InChI=1S/C27H23Cl2FN4O2S/c1-35-13-14-36-24-10-8-18(16-20(24)29)34-26(25(32-27(34)37)22-5-2-3-11-31-22)23-6-4-12-33(23)17-7-9-21(30)19(28)15-17/h2-12,15-16,25-26H,13-14H2,1H3,(H,32,37)/t25-,26-/m1/s1. The van der Waals surface area contributed by atoms with Gasteiger partial charge in [0.1, 0.15) is 24.2 Å². The Labute approximate surface area is 229 Å². The van der Waals surface area contributed by atoms with E-state index in [0.717, 1.165) is 22.8 Å². The van der Waals surface area contributed by atoms with Crippen LogP contribution in [0.3, 0.4) is 0 Å². The van der Waals surface area contributed by atoms with Crippen molar-refractivity contribution in [2.45, 2.75) is 12.1 Å². The van der Waals surface area contributed by atoms with Gasteiger partial charge in [-0.3, -0.25) is 4.98 Å². The number of rotatable bonds is 8. The first-order valence-corrected chi connectivity index (χ1v) is 12.7. The van der Waals surface area contributed by atoms with Crippen molar-refractivity contribution in [3.05, 3.63) is 106 Å². The van der Waals surface area contributed by atoms with Crippen LogP contribution in [0.5, 0.6) is 5.75 Å². The maximum absolute atomic E-state index is 13.9. The average molecular weight is 557 g/mol. The molecule has 1 N–H and O–H groups in total. The number of halogens is 3. The number of hydrogen-bond donors (Lipinski definition) is 1. The van der Waals surface area contributed by atoms with Crippen LogP contribution in [0.4, 0.5) is 10.1 Å². The molecule has 10 heteroatoms. The first-order valence-electron chi connectivity index (χ1n) is 11.5. The Morgan fingerprint density at radius 1 is 1.00 bits per heavy atom. The Hall–Kier alpha value is -3.17. The minimum Gasteiger partial charge on any atom is -0.490 e. The van der Waals surface area contributed by atoms with Gasteiger partial charge >= 0.3 is 0 Å². The molecular formula is C27H23Cl2FN4O2S. The second-order valence-corrected chi connectivity index (χ2v) is 9.56. The van der Waals surface area contributed by atoms with Crippen molar-refractivity contribution in [2.24, 2.45) is 0 Å². The summed E-state index contributed by atoms with van der Waals surface area (Å²) in [6, 6.07) is 19.3. The number of aromatic nitrogens is 2. The molecule has 3 heterocycles. The topological polar surface area (TPSA) is 51.6 Å². The molecule has 0 saturated carbocycles. The molecule has 0 spiro atoms. The van der Waals surface area contributed by atoms with Gasteiger partial charge in [-0.2, -0.15) is 0 Å². The highest BCUT2D eigenvalue weighted by molar-refractivity contribution is 7.80. The summed E-state index contributed by atoms with van der Waals surface area (Å²) < 4.78 is 26.7. The third-order valence-corrected chi connectivity index (χ3v) is 7.00. The molecule has 1 saturated heterocycles. The van der Waals surface area contributed by atoms with Crippen LogP contribution >= 0.6 is 35.4 Å². The third kappa shape index (κ3) is 5.15. The largest absolute Gasteiger partial charge is 0.490 e. The molecular weight excluding hydrogens is 534 g/mol. The number of thiocarbonyl (C=S) groups is 1. The molecule has 190 valence electrons. The van der Waals surface area contributed by atoms with E-state index in [0.29, 0.717) is 29.1 Å². The molecule has 2 aromatic heterocycles. The normalized spacial score (nSPS) is 17.2. The van der Waals surface area contributed by atoms with E-state index >= 15 is 0 Å². The van der Waals surface area contributed by atoms with E-state index in [9.17, 15) is 4.39 Å². The molecule has 2 atom stereocenters. The predicted octanol–water partition coefficient (Wildman–Crippen LogP) is 6.52. The van der Waals surface area contributed by atoms with Crippen LogP contribution in [0.15, 0.2) is 79.1 Å². The van der Waals surface area contributed by atoms with Gasteiger partial charge in [0.15, 0.2) is 5.11 Å². The lowest BCUT2D eigenvalue weighted by Gasteiger charge is -2.29. The van der Waals surface area contributed by atoms with Crippen molar-refractivity contribution in [2.75, 3.05) is 25.2 Å². The summed E-state index contributed by atoms with van der Waals surface area (Å²) in [4.78, 5) is 6.61.